The Morgan fingerprint density at radius 3 is 1.67 bits per heavy atom. The molecule has 1 aromatic rings. The number of benzene rings is 1. The highest BCUT2D eigenvalue weighted by Gasteiger charge is 2.35. The van der Waals surface area contributed by atoms with Crippen LogP contribution in [0, 0.1) is 18.0 Å². The first-order chi connectivity index (χ1) is 16.3. The topological polar surface area (TPSA) is 24.7 Å². The average molecular weight is 452 g/mol. The fraction of sp³-hybridized carbons (Fsp3) is 0.710. The second-order valence-corrected chi connectivity index (χ2v) is 10.1. The molecule has 2 unspecified atom stereocenters. The molecule has 0 spiro atoms. The van der Waals surface area contributed by atoms with Gasteiger partial charge in [0.1, 0.15) is 0 Å². The minimum atomic E-state index is 0.500. The van der Waals surface area contributed by atoms with Gasteiger partial charge in [-0.25, -0.2) is 0 Å². The minimum absolute atomic E-state index is 0.500. The van der Waals surface area contributed by atoms with Crippen LogP contribution in [0.3, 0.4) is 0 Å². The van der Waals surface area contributed by atoms with Gasteiger partial charge in [0.2, 0.25) is 6.17 Å². The monoisotopic (exact) mass is 451 g/mol. The molecular formula is C31H51N2+. The van der Waals surface area contributed by atoms with Crippen molar-refractivity contribution in [2.24, 2.45) is 21.8 Å². The molecule has 0 fully saturated rings. The lowest BCUT2D eigenvalue weighted by Gasteiger charge is -2.26. The molecule has 1 aliphatic heterocycles. The normalized spacial score (nSPS) is 14.8. The van der Waals surface area contributed by atoms with Gasteiger partial charge in [-0.3, -0.25) is 0 Å². The average Bonchev–Trinajstić information content (AvgIpc) is 3.37. The fourth-order valence-corrected chi connectivity index (χ4v) is 5.23. The zero-order valence-electron chi connectivity index (χ0n) is 21.8. The number of hydrogen-bond acceptors (Lipinski definition) is 2. The van der Waals surface area contributed by atoms with Crippen LogP contribution >= 0.6 is 0 Å². The van der Waals surface area contributed by atoms with Crippen molar-refractivity contribution in [1.29, 1.82) is 0 Å². The van der Waals surface area contributed by atoms with Crippen molar-refractivity contribution in [2.75, 3.05) is 0 Å². The maximum absolute atomic E-state index is 4.66. The van der Waals surface area contributed by atoms with E-state index in [0.29, 0.717) is 11.8 Å². The molecule has 1 aliphatic rings. The molecule has 0 saturated carbocycles. The molecule has 0 N–H and O–H groups in total. The van der Waals surface area contributed by atoms with Gasteiger partial charge in [-0.15, -0.1) is 0 Å². The first-order valence-corrected chi connectivity index (χ1v) is 14.3. The zero-order chi connectivity index (χ0) is 23.4. The maximum Gasteiger partial charge on any atom is 0.244 e. The standard InChI is InChI=1S/C31H51N2/c1-3-5-7-8-9-10-11-12-13-14-15-16-20-24-30(31-32-25-26-33-31)29(23-6-4-2)27-28-21-18-17-19-22-28/h17-19,21-22,25-26,29-30H,3-16,20,23-24,27H2,1-2H3/q+1. The molecule has 0 radical (unpaired) electrons. The van der Waals surface area contributed by atoms with Gasteiger partial charge in [-0.2, -0.15) is 0 Å². The summed E-state index contributed by atoms with van der Waals surface area (Å²) in [6, 6.07) is 11.0. The van der Waals surface area contributed by atoms with E-state index in [1.807, 2.05) is 12.4 Å². The van der Waals surface area contributed by atoms with E-state index in [9.17, 15) is 0 Å². The summed E-state index contributed by atoms with van der Waals surface area (Å²) in [5.41, 5.74) is 1.46. The predicted molar refractivity (Wildman–Crippen MR) is 147 cm³/mol. The smallest absolute Gasteiger partial charge is 0.0965 e. The molecule has 1 aromatic carbocycles. The van der Waals surface area contributed by atoms with Crippen LogP contribution in [0.5, 0.6) is 0 Å². The molecule has 0 saturated heterocycles. The Morgan fingerprint density at radius 2 is 1.12 bits per heavy atom. The van der Waals surface area contributed by atoms with E-state index in [0.717, 1.165) is 12.6 Å². The Hall–Kier alpha value is -1.57. The van der Waals surface area contributed by atoms with Crippen LogP contribution in [0.2, 0.25) is 0 Å². The first-order valence-electron chi connectivity index (χ1n) is 14.3. The molecule has 184 valence electrons. The molecule has 2 atom stereocenters. The molecule has 2 heteroatoms. The quantitative estimate of drug-likeness (QED) is 0.131. The highest BCUT2D eigenvalue weighted by Crippen LogP contribution is 2.36. The van der Waals surface area contributed by atoms with Crippen LogP contribution in [-0.4, -0.2) is 12.4 Å². The van der Waals surface area contributed by atoms with E-state index in [4.69, 9.17) is 0 Å². The number of unbranched alkanes of at least 4 members (excludes halogenated alkanes) is 13. The van der Waals surface area contributed by atoms with Crippen LogP contribution in [0.4, 0.5) is 0 Å². The molecule has 0 aliphatic carbocycles. The Morgan fingerprint density at radius 1 is 0.606 bits per heavy atom. The lowest BCUT2D eigenvalue weighted by atomic mass is 9.78. The van der Waals surface area contributed by atoms with E-state index in [1.165, 1.54) is 115 Å². The zero-order valence-corrected chi connectivity index (χ0v) is 21.8. The Labute approximate surface area is 205 Å². The predicted octanol–water partition coefficient (Wildman–Crippen LogP) is 9.78. The van der Waals surface area contributed by atoms with Crippen molar-refractivity contribution in [3.05, 3.63) is 42.1 Å². The summed E-state index contributed by atoms with van der Waals surface area (Å²) in [6.07, 6.45) is 29.4. The molecule has 1 heterocycles. The van der Waals surface area contributed by atoms with Crippen LogP contribution < -0.4 is 0 Å². The SMILES string of the molecule is CCCCCCCCCCCCCCCC([C+]1N=CC=N1)C(CCCC)Cc1ccccc1. The molecule has 33 heavy (non-hydrogen) atoms. The van der Waals surface area contributed by atoms with Gasteiger partial charge < -0.3 is 0 Å². The van der Waals surface area contributed by atoms with Gasteiger partial charge in [0.15, 0.2) is 12.4 Å². The minimum Gasteiger partial charge on any atom is -0.0965 e. The molecule has 0 amide bonds. The van der Waals surface area contributed by atoms with Gasteiger partial charge in [0.05, 0.1) is 5.92 Å². The van der Waals surface area contributed by atoms with Crippen LogP contribution in [-0.2, 0) is 6.42 Å². The van der Waals surface area contributed by atoms with Crippen molar-refractivity contribution < 1.29 is 0 Å². The van der Waals surface area contributed by atoms with Gasteiger partial charge >= 0.3 is 0 Å². The number of aliphatic imine (C=N–C) groups is 2. The summed E-state index contributed by atoms with van der Waals surface area (Å²) in [7, 11) is 0. The van der Waals surface area contributed by atoms with E-state index in [2.05, 4.69) is 54.2 Å². The van der Waals surface area contributed by atoms with Crippen molar-refractivity contribution in [3.63, 3.8) is 0 Å². The van der Waals surface area contributed by atoms with Crippen molar-refractivity contribution in [3.8, 4) is 0 Å². The van der Waals surface area contributed by atoms with E-state index < -0.39 is 0 Å². The van der Waals surface area contributed by atoms with E-state index >= 15 is 0 Å². The summed E-state index contributed by atoms with van der Waals surface area (Å²) in [6.45, 7) is 4.60. The number of nitrogens with zero attached hydrogens (tertiary/aromatic N) is 2. The summed E-state index contributed by atoms with van der Waals surface area (Å²) in [5.74, 6) is 1.14. The van der Waals surface area contributed by atoms with Gasteiger partial charge in [-0.1, -0.05) is 150 Å². The number of rotatable bonds is 21. The maximum atomic E-state index is 4.66. The lowest BCUT2D eigenvalue weighted by Crippen LogP contribution is -2.22. The van der Waals surface area contributed by atoms with Gasteiger partial charge in [-0.05, 0) is 30.7 Å². The third-order valence-corrected chi connectivity index (χ3v) is 7.27. The van der Waals surface area contributed by atoms with Gasteiger partial charge in [0.25, 0.3) is 0 Å². The van der Waals surface area contributed by atoms with Crippen LogP contribution in [0.25, 0.3) is 0 Å². The summed E-state index contributed by atoms with van der Waals surface area (Å²) >= 11 is 0. The summed E-state index contributed by atoms with van der Waals surface area (Å²) in [4.78, 5) is 9.31. The Balaban J connectivity index is 1.68. The molecule has 2 nitrogen and oxygen atoms in total. The molecule has 2 rings (SSSR count). The Bertz CT molecular complexity index is 609. The van der Waals surface area contributed by atoms with Crippen molar-refractivity contribution >= 4 is 12.4 Å². The van der Waals surface area contributed by atoms with Gasteiger partial charge in [0, 0.05) is 0 Å². The highest BCUT2D eigenvalue weighted by atomic mass is 15.0. The number of hydrogen-bond donors (Lipinski definition) is 0. The molecule has 0 aromatic heterocycles. The first kappa shape index (κ1) is 27.7. The molecule has 0 bridgehead atoms. The third-order valence-electron chi connectivity index (χ3n) is 7.27. The second kappa shape index (κ2) is 18.8. The van der Waals surface area contributed by atoms with E-state index in [1.54, 1.807) is 0 Å². The lowest BCUT2D eigenvalue weighted by molar-refractivity contribution is 0.286. The van der Waals surface area contributed by atoms with Crippen LogP contribution in [0.15, 0.2) is 40.3 Å². The Kier molecular flexibility index (Phi) is 15.8. The fourth-order valence-electron chi connectivity index (χ4n) is 5.23. The summed E-state index contributed by atoms with van der Waals surface area (Å²) < 4.78 is 0. The largest absolute Gasteiger partial charge is 0.244 e. The third kappa shape index (κ3) is 12.5. The van der Waals surface area contributed by atoms with Crippen molar-refractivity contribution in [2.45, 2.75) is 129 Å². The second-order valence-electron chi connectivity index (χ2n) is 10.1. The van der Waals surface area contributed by atoms with Crippen molar-refractivity contribution in [1.82, 2.24) is 0 Å². The summed E-state index contributed by atoms with van der Waals surface area (Å²) in [5, 5.41) is 0. The van der Waals surface area contributed by atoms with Crippen LogP contribution in [0.1, 0.15) is 129 Å². The van der Waals surface area contributed by atoms with E-state index in [-0.39, 0.29) is 0 Å². The molecular weight excluding hydrogens is 400 g/mol. The highest BCUT2D eigenvalue weighted by molar-refractivity contribution is 6.18.